The Morgan fingerprint density at radius 2 is 1.83 bits per heavy atom. The number of halogens is 2. The van der Waals surface area contributed by atoms with Crippen LogP contribution in [0.4, 0.5) is 8.78 Å². The highest BCUT2D eigenvalue weighted by atomic mass is 19.1. The van der Waals surface area contributed by atoms with Gasteiger partial charge in [-0.25, -0.2) is 8.78 Å². The largest absolute Gasteiger partial charge is 0.451 e. The standard InChI is InChI=1S/C18H18F2N2O2/c19-13-7-12(8-14(20)9-13)16-1-2-17(24-16)18(23)21-15-10-22-5-3-11(15)4-6-22/h1-2,7-9,11,15H,3-6,10H2,(H,21,23). The summed E-state index contributed by atoms with van der Waals surface area (Å²) in [5.41, 5.74) is 0.273. The number of nitrogens with zero attached hydrogens (tertiary/aromatic N) is 1. The quantitative estimate of drug-likeness (QED) is 0.940. The number of hydrogen-bond donors (Lipinski definition) is 1. The molecule has 3 fully saturated rings. The summed E-state index contributed by atoms with van der Waals surface area (Å²) in [6, 6.07) is 6.39. The van der Waals surface area contributed by atoms with Crippen LogP contribution in [0, 0.1) is 17.6 Å². The second kappa shape index (κ2) is 6.02. The van der Waals surface area contributed by atoms with Gasteiger partial charge in [0.1, 0.15) is 17.4 Å². The lowest BCUT2D eigenvalue weighted by atomic mass is 9.84. The first kappa shape index (κ1) is 15.3. The smallest absolute Gasteiger partial charge is 0.287 e. The van der Waals surface area contributed by atoms with Crippen LogP contribution in [0.25, 0.3) is 11.3 Å². The van der Waals surface area contributed by atoms with Crippen molar-refractivity contribution >= 4 is 5.91 Å². The lowest BCUT2D eigenvalue weighted by Gasteiger charge is -2.44. The van der Waals surface area contributed by atoms with Crippen LogP contribution in [-0.4, -0.2) is 36.5 Å². The molecule has 1 aromatic heterocycles. The molecule has 4 heterocycles. The van der Waals surface area contributed by atoms with E-state index < -0.39 is 11.6 Å². The number of amides is 1. The van der Waals surface area contributed by atoms with E-state index in [2.05, 4.69) is 10.2 Å². The maximum Gasteiger partial charge on any atom is 0.287 e. The van der Waals surface area contributed by atoms with E-state index in [0.717, 1.165) is 38.5 Å². The first-order valence-corrected chi connectivity index (χ1v) is 8.18. The van der Waals surface area contributed by atoms with Crippen molar-refractivity contribution in [1.82, 2.24) is 10.2 Å². The third kappa shape index (κ3) is 2.94. The Bertz CT molecular complexity index is 746. The van der Waals surface area contributed by atoms with Gasteiger partial charge < -0.3 is 14.6 Å². The molecule has 1 atom stereocenters. The fourth-order valence-corrected chi connectivity index (χ4v) is 3.68. The van der Waals surface area contributed by atoms with Gasteiger partial charge in [0.25, 0.3) is 5.91 Å². The first-order valence-electron chi connectivity index (χ1n) is 8.18. The third-order valence-corrected chi connectivity index (χ3v) is 4.95. The van der Waals surface area contributed by atoms with Crippen molar-refractivity contribution in [2.24, 2.45) is 5.92 Å². The Labute approximate surface area is 138 Å². The van der Waals surface area contributed by atoms with E-state index in [0.29, 0.717) is 5.92 Å². The van der Waals surface area contributed by atoms with E-state index in [4.69, 9.17) is 4.42 Å². The van der Waals surface area contributed by atoms with Crippen LogP contribution in [0.3, 0.4) is 0 Å². The van der Waals surface area contributed by atoms with Gasteiger partial charge in [0.2, 0.25) is 0 Å². The number of hydrogen-bond acceptors (Lipinski definition) is 3. The lowest BCUT2D eigenvalue weighted by Crippen LogP contribution is -2.57. The predicted octanol–water partition coefficient (Wildman–Crippen LogP) is 3.05. The first-order chi connectivity index (χ1) is 11.6. The van der Waals surface area contributed by atoms with E-state index in [-0.39, 0.29) is 29.0 Å². The molecule has 1 N–H and O–H groups in total. The number of nitrogens with one attached hydrogen (secondary N) is 1. The summed E-state index contributed by atoms with van der Waals surface area (Å²) in [6.07, 6.45) is 2.22. The molecule has 1 unspecified atom stereocenters. The highest BCUT2D eigenvalue weighted by Gasteiger charge is 2.35. The van der Waals surface area contributed by atoms with Crippen molar-refractivity contribution in [3.05, 3.63) is 47.7 Å². The van der Waals surface area contributed by atoms with Crippen LogP contribution < -0.4 is 5.32 Å². The minimum atomic E-state index is -0.681. The number of fused-ring (bicyclic) bond motifs is 3. The Hall–Kier alpha value is -2.21. The average Bonchev–Trinajstić information content (AvgIpc) is 3.05. The summed E-state index contributed by atoms with van der Waals surface area (Å²) in [7, 11) is 0. The Morgan fingerprint density at radius 3 is 2.46 bits per heavy atom. The molecule has 0 radical (unpaired) electrons. The molecule has 6 heteroatoms. The van der Waals surface area contributed by atoms with Gasteiger partial charge in [-0.2, -0.15) is 0 Å². The van der Waals surface area contributed by atoms with E-state index in [1.807, 2.05) is 0 Å². The van der Waals surface area contributed by atoms with Crippen LogP contribution in [0.2, 0.25) is 0 Å². The van der Waals surface area contributed by atoms with Crippen molar-refractivity contribution in [1.29, 1.82) is 0 Å². The van der Waals surface area contributed by atoms with Crippen LogP contribution >= 0.6 is 0 Å². The number of carbonyl (C=O) groups excluding carboxylic acids is 1. The Balaban J connectivity index is 1.49. The van der Waals surface area contributed by atoms with Crippen LogP contribution in [0.5, 0.6) is 0 Å². The second-order valence-electron chi connectivity index (χ2n) is 6.54. The monoisotopic (exact) mass is 332 g/mol. The summed E-state index contributed by atoms with van der Waals surface area (Å²) in [5, 5.41) is 3.03. The van der Waals surface area contributed by atoms with Gasteiger partial charge in [0.15, 0.2) is 5.76 Å². The third-order valence-electron chi connectivity index (χ3n) is 4.95. The molecule has 0 saturated carbocycles. The molecule has 4 nitrogen and oxygen atoms in total. The molecule has 3 saturated heterocycles. The fraction of sp³-hybridized carbons (Fsp3) is 0.389. The molecule has 1 aromatic carbocycles. The average molecular weight is 332 g/mol. The highest BCUT2D eigenvalue weighted by molar-refractivity contribution is 5.92. The van der Waals surface area contributed by atoms with Crippen molar-refractivity contribution in [2.45, 2.75) is 18.9 Å². The molecule has 5 rings (SSSR count). The normalized spacial score (nSPS) is 25.7. The lowest BCUT2D eigenvalue weighted by molar-refractivity contribution is 0.0606. The summed E-state index contributed by atoms with van der Waals surface area (Å²) in [4.78, 5) is 14.8. The van der Waals surface area contributed by atoms with Crippen molar-refractivity contribution in [3.8, 4) is 11.3 Å². The van der Waals surface area contributed by atoms with Gasteiger partial charge >= 0.3 is 0 Å². The van der Waals surface area contributed by atoms with E-state index in [9.17, 15) is 13.6 Å². The van der Waals surface area contributed by atoms with E-state index in [1.165, 1.54) is 18.2 Å². The van der Waals surface area contributed by atoms with Gasteiger partial charge in [-0.3, -0.25) is 4.79 Å². The number of furan rings is 1. The van der Waals surface area contributed by atoms with Gasteiger partial charge in [0.05, 0.1) is 0 Å². The van der Waals surface area contributed by atoms with Crippen LogP contribution in [0.1, 0.15) is 23.4 Å². The molecule has 3 aliphatic rings. The van der Waals surface area contributed by atoms with Gasteiger partial charge in [0, 0.05) is 24.2 Å². The topological polar surface area (TPSA) is 45.5 Å². The zero-order valence-electron chi connectivity index (χ0n) is 13.1. The minimum absolute atomic E-state index is 0.139. The SMILES string of the molecule is O=C(NC1CN2CCC1CC2)c1ccc(-c2cc(F)cc(F)c2)o1. The zero-order chi connectivity index (χ0) is 16.7. The van der Waals surface area contributed by atoms with Crippen LogP contribution in [0.15, 0.2) is 34.7 Å². The van der Waals surface area contributed by atoms with Crippen molar-refractivity contribution in [3.63, 3.8) is 0 Å². The molecule has 24 heavy (non-hydrogen) atoms. The molecule has 3 aliphatic heterocycles. The summed E-state index contributed by atoms with van der Waals surface area (Å²) in [5.74, 6) is -0.694. The summed E-state index contributed by atoms with van der Waals surface area (Å²) >= 11 is 0. The Morgan fingerprint density at radius 1 is 1.12 bits per heavy atom. The molecule has 1 amide bonds. The fourth-order valence-electron chi connectivity index (χ4n) is 3.68. The number of rotatable bonds is 3. The molecular weight excluding hydrogens is 314 g/mol. The van der Waals surface area contributed by atoms with E-state index in [1.54, 1.807) is 6.07 Å². The molecule has 2 bridgehead atoms. The van der Waals surface area contributed by atoms with Crippen molar-refractivity contribution in [2.75, 3.05) is 19.6 Å². The number of carbonyl (C=O) groups is 1. The molecule has 0 aliphatic carbocycles. The van der Waals surface area contributed by atoms with Crippen molar-refractivity contribution < 1.29 is 18.0 Å². The maximum absolute atomic E-state index is 13.3. The zero-order valence-corrected chi connectivity index (χ0v) is 13.1. The van der Waals surface area contributed by atoms with E-state index >= 15 is 0 Å². The van der Waals surface area contributed by atoms with Gasteiger partial charge in [-0.15, -0.1) is 0 Å². The molecular formula is C18H18F2N2O2. The molecule has 126 valence electrons. The molecule has 0 spiro atoms. The van der Waals surface area contributed by atoms with Gasteiger partial charge in [-0.1, -0.05) is 0 Å². The molecule has 2 aromatic rings. The summed E-state index contributed by atoms with van der Waals surface area (Å²) < 4.78 is 32.1. The van der Waals surface area contributed by atoms with Crippen LogP contribution in [-0.2, 0) is 0 Å². The maximum atomic E-state index is 13.3. The van der Waals surface area contributed by atoms with Gasteiger partial charge in [-0.05, 0) is 56.1 Å². The number of piperidine rings is 3. The Kier molecular flexibility index (Phi) is 3.84. The highest BCUT2D eigenvalue weighted by Crippen LogP contribution is 2.28. The summed E-state index contributed by atoms with van der Waals surface area (Å²) in [6.45, 7) is 3.08. The number of benzene rings is 1. The predicted molar refractivity (Wildman–Crippen MR) is 84.5 cm³/mol. The minimum Gasteiger partial charge on any atom is -0.451 e. The second-order valence-corrected chi connectivity index (χ2v) is 6.54.